The molecule has 0 radical (unpaired) electrons. The maximum atomic E-state index is 6.35. The number of aromatic nitrogens is 1. The predicted octanol–water partition coefficient (Wildman–Crippen LogP) is 5.05. The molecule has 0 atom stereocenters. The summed E-state index contributed by atoms with van der Waals surface area (Å²) in [5.74, 6) is 1.34. The minimum absolute atomic E-state index is 0.0998. The molecule has 2 rings (SSSR count). The maximum absolute atomic E-state index is 6.35. The fourth-order valence-corrected chi connectivity index (χ4v) is 2.76. The molecule has 0 aliphatic heterocycles. The van der Waals surface area contributed by atoms with Crippen molar-refractivity contribution in [2.75, 3.05) is 11.5 Å². The largest absolute Gasteiger partial charge is 0.542 e. The van der Waals surface area contributed by atoms with Crippen molar-refractivity contribution in [3.05, 3.63) is 36.4 Å². The Bertz CT molecular complexity index is 753. The minimum Gasteiger partial charge on any atom is -0.542 e. The summed E-state index contributed by atoms with van der Waals surface area (Å²) in [6.45, 7) is 11.0. The molecule has 6 nitrogen and oxygen atoms in total. The summed E-state index contributed by atoms with van der Waals surface area (Å²) < 4.78 is 6.35. The Morgan fingerprint density at radius 3 is 2.21 bits per heavy atom. The number of para-hydroxylation sites is 1. The number of rotatable bonds is 4. The van der Waals surface area contributed by atoms with Crippen molar-refractivity contribution in [1.82, 2.24) is 4.98 Å². The van der Waals surface area contributed by atoms with Crippen molar-refractivity contribution < 1.29 is 4.43 Å². The molecule has 0 amide bonds. The maximum Gasteiger partial charge on any atom is 0.250 e. The highest BCUT2D eigenvalue weighted by Crippen LogP contribution is 2.40. The molecule has 128 valence electrons. The Hall–Kier alpha value is -2.41. The molecule has 0 aliphatic carbocycles. The van der Waals surface area contributed by atoms with Gasteiger partial charge in [-0.3, -0.25) is 0 Å². The molecule has 1 aromatic heterocycles. The monoisotopic (exact) mass is 343 g/mol. The van der Waals surface area contributed by atoms with Crippen molar-refractivity contribution in [3.63, 3.8) is 0 Å². The Balaban J connectivity index is 2.31. The van der Waals surface area contributed by atoms with E-state index in [1.54, 1.807) is 12.1 Å². The average Bonchev–Trinajstić information content (AvgIpc) is 2.46. The van der Waals surface area contributed by atoms with Gasteiger partial charge in [0.2, 0.25) is 0 Å². The predicted molar refractivity (Wildman–Crippen MR) is 102 cm³/mol. The minimum atomic E-state index is -1.96. The lowest BCUT2D eigenvalue weighted by molar-refractivity contribution is 0.493. The molecule has 0 spiro atoms. The Kier molecular flexibility index (Phi) is 4.93. The van der Waals surface area contributed by atoms with Crippen LogP contribution in [0.1, 0.15) is 20.8 Å². The molecule has 0 bridgehead atoms. The van der Waals surface area contributed by atoms with Crippen molar-refractivity contribution in [1.29, 1.82) is 0 Å². The van der Waals surface area contributed by atoms with Crippen molar-refractivity contribution in [3.8, 4) is 5.75 Å². The van der Waals surface area contributed by atoms with Gasteiger partial charge in [0.05, 0.1) is 0 Å². The molecule has 2 aromatic rings. The lowest BCUT2D eigenvalue weighted by Crippen LogP contribution is -2.43. The highest BCUT2D eigenvalue weighted by Gasteiger charge is 2.39. The number of benzene rings is 1. The fraction of sp³-hybridized carbons (Fsp3) is 0.353. The van der Waals surface area contributed by atoms with E-state index in [2.05, 4.69) is 49.1 Å². The number of nitrogens with zero attached hydrogens (tertiary/aromatic N) is 3. The van der Waals surface area contributed by atoms with Gasteiger partial charge >= 0.3 is 0 Å². The van der Waals surface area contributed by atoms with Crippen LogP contribution in [0.3, 0.4) is 0 Å². The van der Waals surface area contributed by atoms with E-state index in [-0.39, 0.29) is 10.9 Å². The molecule has 0 saturated carbocycles. The van der Waals surface area contributed by atoms with Gasteiger partial charge in [-0.25, -0.2) is 4.98 Å². The third kappa shape index (κ3) is 4.11. The van der Waals surface area contributed by atoms with E-state index in [0.717, 1.165) is 5.75 Å². The molecule has 0 unspecified atom stereocenters. The van der Waals surface area contributed by atoms with Crippen LogP contribution in [0.15, 0.2) is 46.6 Å². The number of azo groups is 1. The van der Waals surface area contributed by atoms with E-state index in [4.69, 9.17) is 15.9 Å². The van der Waals surface area contributed by atoms with Gasteiger partial charge in [-0.1, -0.05) is 32.9 Å². The molecule has 0 saturated heterocycles. The number of nitrogen functional groups attached to an aromatic ring is 2. The molecule has 4 N–H and O–H groups in total. The van der Waals surface area contributed by atoms with Gasteiger partial charge in [0.1, 0.15) is 22.9 Å². The first-order chi connectivity index (χ1) is 11.1. The summed E-state index contributed by atoms with van der Waals surface area (Å²) >= 11 is 0. The van der Waals surface area contributed by atoms with Gasteiger partial charge in [-0.05, 0) is 42.4 Å². The van der Waals surface area contributed by atoms with Gasteiger partial charge in [0.15, 0.2) is 5.82 Å². The second-order valence-electron chi connectivity index (χ2n) is 7.17. The van der Waals surface area contributed by atoms with E-state index < -0.39 is 8.32 Å². The molecule has 0 fully saturated rings. The van der Waals surface area contributed by atoms with E-state index in [1.165, 1.54) is 0 Å². The molecule has 1 heterocycles. The van der Waals surface area contributed by atoms with Crippen LogP contribution in [0.5, 0.6) is 5.75 Å². The third-order valence-corrected chi connectivity index (χ3v) is 8.57. The third-order valence-electron chi connectivity index (χ3n) is 4.23. The van der Waals surface area contributed by atoms with Crippen molar-refractivity contribution >= 4 is 31.3 Å². The summed E-state index contributed by atoms with van der Waals surface area (Å²) in [5, 5.41) is 8.58. The van der Waals surface area contributed by atoms with Crippen LogP contribution in [0, 0.1) is 0 Å². The second kappa shape index (κ2) is 6.60. The highest BCUT2D eigenvalue weighted by molar-refractivity contribution is 6.74. The van der Waals surface area contributed by atoms with Crippen LogP contribution < -0.4 is 15.9 Å². The normalized spacial score (nSPS) is 12.5. The lowest BCUT2D eigenvalue weighted by atomic mass is 10.2. The van der Waals surface area contributed by atoms with E-state index in [9.17, 15) is 0 Å². The van der Waals surface area contributed by atoms with E-state index in [1.807, 2.05) is 24.3 Å². The zero-order valence-electron chi connectivity index (χ0n) is 14.9. The Morgan fingerprint density at radius 1 is 0.958 bits per heavy atom. The van der Waals surface area contributed by atoms with Crippen LogP contribution in [0.25, 0.3) is 0 Å². The summed E-state index contributed by atoms with van der Waals surface area (Å²) in [4.78, 5) is 3.98. The molecule has 24 heavy (non-hydrogen) atoms. The zero-order valence-corrected chi connectivity index (χ0v) is 15.9. The zero-order chi connectivity index (χ0) is 18.0. The van der Waals surface area contributed by atoms with Crippen LogP contribution >= 0.6 is 0 Å². The van der Waals surface area contributed by atoms with Crippen molar-refractivity contribution in [2.24, 2.45) is 10.2 Å². The van der Waals surface area contributed by atoms with Gasteiger partial charge in [-0.2, -0.15) is 0 Å². The summed E-state index contributed by atoms with van der Waals surface area (Å²) in [6, 6.07) is 11.0. The first kappa shape index (κ1) is 17.9. The first-order valence-corrected chi connectivity index (χ1v) is 10.7. The summed E-state index contributed by atoms with van der Waals surface area (Å²) in [6.07, 6.45) is 0. The highest BCUT2D eigenvalue weighted by atomic mass is 28.4. The number of nitrogens with two attached hydrogens (primary N) is 2. The van der Waals surface area contributed by atoms with E-state index >= 15 is 0 Å². The quantitative estimate of drug-likeness (QED) is 0.599. The first-order valence-electron chi connectivity index (χ1n) is 7.82. The van der Waals surface area contributed by atoms with Crippen LogP contribution in [-0.2, 0) is 0 Å². The van der Waals surface area contributed by atoms with E-state index in [0.29, 0.717) is 17.2 Å². The average molecular weight is 344 g/mol. The topological polar surface area (TPSA) is 98.9 Å². The number of pyridine rings is 1. The second-order valence-corrected chi connectivity index (χ2v) is 11.9. The van der Waals surface area contributed by atoms with Crippen LogP contribution in [0.4, 0.5) is 23.0 Å². The lowest BCUT2D eigenvalue weighted by Gasteiger charge is -2.36. The fourth-order valence-electron chi connectivity index (χ4n) is 1.73. The van der Waals surface area contributed by atoms with Gasteiger partial charge in [-0.15, -0.1) is 10.2 Å². The number of anilines is 2. The number of hydrogen-bond acceptors (Lipinski definition) is 6. The van der Waals surface area contributed by atoms with Gasteiger partial charge in [0.25, 0.3) is 8.32 Å². The summed E-state index contributed by atoms with van der Waals surface area (Å²) in [7, 11) is -1.96. The smallest absolute Gasteiger partial charge is 0.250 e. The van der Waals surface area contributed by atoms with Crippen LogP contribution in [-0.4, -0.2) is 13.3 Å². The van der Waals surface area contributed by atoms with Crippen molar-refractivity contribution in [2.45, 2.75) is 38.9 Å². The SMILES string of the molecule is CC(C)(C)[Si](C)(C)Oc1ccccc1N=Nc1ccc(N)nc1N. The van der Waals surface area contributed by atoms with Gasteiger partial charge < -0.3 is 15.9 Å². The molecule has 0 aliphatic rings. The van der Waals surface area contributed by atoms with Crippen LogP contribution in [0.2, 0.25) is 18.1 Å². The Morgan fingerprint density at radius 2 is 1.58 bits per heavy atom. The molecule has 1 aromatic carbocycles. The molecule has 7 heteroatoms. The standard InChI is InChI=1S/C17H25N5OSi/c1-17(2,3)24(4,5)23-14-9-7-6-8-12(14)21-22-13-10-11-15(18)20-16(13)19/h6-11H,1-5H3,(H4,18,19,20). The number of hydrogen-bond donors (Lipinski definition) is 2. The summed E-state index contributed by atoms with van der Waals surface area (Å²) in [5.41, 5.74) is 12.5. The Labute approximate surface area is 144 Å². The molecular formula is C17H25N5OSi. The van der Waals surface area contributed by atoms with Gasteiger partial charge in [0, 0.05) is 0 Å². The molecular weight excluding hydrogens is 318 g/mol.